The molecule has 0 aliphatic carbocycles. The van der Waals surface area contributed by atoms with E-state index in [0.717, 1.165) is 43.8 Å². The van der Waals surface area contributed by atoms with E-state index in [1.54, 1.807) is 19.2 Å². The average molecular weight is 528 g/mol. The molecule has 0 N–H and O–H groups in total. The van der Waals surface area contributed by atoms with Gasteiger partial charge in [0.05, 0.1) is 46.5 Å². The molecule has 0 saturated carbocycles. The molecule has 0 amide bonds. The van der Waals surface area contributed by atoms with Crippen LogP contribution in [0.2, 0.25) is 0 Å². The van der Waals surface area contributed by atoms with Gasteiger partial charge in [-0.25, -0.2) is 0 Å². The molecular formula is C28H41LiO7P+. The Balaban J connectivity index is 0.00000684. The van der Waals surface area contributed by atoms with Crippen LogP contribution in [-0.4, -0.2) is 46.7 Å². The first-order valence-corrected chi connectivity index (χ1v) is 13.7. The van der Waals surface area contributed by atoms with Crippen molar-refractivity contribution in [1.82, 2.24) is 0 Å². The van der Waals surface area contributed by atoms with Crippen LogP contribution in [0.3, 0.4) is 0 Å². The zero-order valence-electron chi connectivity index (χ0n) is 23.5. The van der Waals surface area contributed by atoms with E-state index in [0.29, 0.717) is 59.9 Å². The van der Waals surface area contributed by atoms with Gasteiger partial charge in [0.2, 0.25) is 0 Å². The fourth-order valence-corrected chi connectivity index (χ4v) is 4.53. The van der Waals surface area contributed by atoms with Crippen LogP contribution in [0.15, 0.2) is 24.3 Å². The van der Waals surface area contributed by atoms with Gasteiger partial charge in [0, 0.05) is 24.3 Å². The summed E-state index contributed by atoms with van der Waals surface area (Å²) in [6.45, 7) is 8.05. The number of hydrogen-bond donors (Lipinski definition) is 0. The van der Waals surface area contributed by atoms with Crippen molar-refractivity contribution in [3.05, 3.63) is 29.8 Å². The zero-order valence-corrected chi connectivity index (χ0v) is 24.5. The van der Waals surface area contributed by atoms with E-state index in [-0.39, 0.29) is 33.0 Å². The van der Waals surface area contributed by atoms with Gasteiger partial charge in [-0.05, 0) is 27.8 Å². The third-order valence-corrected chi connectivity index (χ3v) is 6.72. The van der Waals surface area contributed by atoms with Gasteiger partial charge in [0.15, 0.2) is 5.52 Å². The molecule has 2 aromatic rings. The number of hydrogen-bond acceptors (Lipinski definition) is 7. The monoisotopic (exact) mass is 527 g/mol. The number of carbonyl (C=O) groups is 1. The molecule has 1 atom stereocenters. The second-order valence-corrected chi connectivity index (χ2v) is 9.47. The maximum atomic E-state index is 13.7. The molecule has 0 radical (unpaired) electrons. The second-order valence-electron chi connectivity index (χ2n) is 8.26. The Bertz CT molecular complexity index is 912. The number of ether oxygens (including phenoxy) is 6. The van der Waals surface area contributed by atoms with E-state index in [1.807, 2.05) is 12.1 Å². The van der Waals surface area contributed by atoms with Crippen LogP contribution in [-0.2, 0) is 0 Å². The van der Waals surface area contributed by atoms with Gasteiger partial charge in [0.1, 0.15) is 40.1 Å². The van der Waals surface area contributed by atoms with Gasteiger partial charge < -0.3 is 28.4 Å². The van der Waals surface area contributed by atoms with Crippen molar-refractivity contribution in [2.45, 2.75) is 59.3 Å². The van der Waals surface area contributed by atoms with E-state index in [1.165, 1.54) is 14.2 Å². The summed E-state index contributed by atoms with van der Waals surface area (Å²) in [5, 5.41) is 0.718. The Morgan fingerprint density at radius 3 is 1.49 bits per heavy atom. The summed E-state index contributed by atoms with van der Waals surface area (Å²) < 4.78 is 34.7. The molecule has 0 saturated heterocycles. The van der Waals surface area contributed by atoms with Crippen molar-refractivity contribution in [2.75, 3.05) is 41.2 Å². The van der Waals surface area contributed by atoms with E-state index in [4.69, 9.17) is 28.4 Å². The molecule has 2 aromatic carbocycles. The molecule has 0 spiro atoms. The number of rotatable bonds is 18. The van der Waals surface area contributed by atoms with Gasteiger partial charge in [0.25, 0.3) is 0 Å². The maximum Gasteiger partial charge on any atom is 1.00 e. The quantitative estimate of drug-likeness (QED) is 0.167. The summed E-state index contributed by atoms with van der Waals surface area (Å²) in [6.07, 6.45) is 5.82. The van der Waals surface area contributed by atoms with Crippen LogP contribution < -0.4 is 52.6 Å². The fraction of sp³-hybridized carbons (Fsp3) is 0.536. The van der Waals surface area contributed by atoms with Gasteiger partial charge in [-0.3, -0.25) is 4.79 Å². The first kappa shape index (κ1) is 33.0. The zero-order chi connectivity index (χ0) is 26.3. The number of carbonyl (C=O) groups excluding carboxylic acids is 1. The molecular weight excluding hydrogens is 486 g/mol. The normalized spacial score (nSPS) is 10.6. The Labute approximate surface area is 235 Å². The molecule has 0 aliphatic heterocycles. The van der Waals surface area contributed by atoms with Crippen molar-refractivity contribution in [3.63, 3.8) is 0 Å². The third kappa shape index (κ3) is 9.97. The van der Waals surface area contributed by atoms with Crippen LogP contribution in [0.4, 0.5) is 0 Å². The van der Waals surface area contributed by atoms with Gasteiger partial charge in [-0.15, -0.1) is 0 Å². The summed E-state index contributed by atoms with van der Waals surface area (Å²) in [5.41, 5.74) is 0.216. The van der Waals surface area contributed by atoms with Crippen LogP contribution in [0.25, 0.3) is 0 Å². The molecule has 0 fully saturated rings. The molecule has 200 valence electrons. The Morgan fingerprint density at radius 1 is 0.649 bits per heavy atom. The van der Waals surface area contributed by atoms with Crippen molar-refractivity contribution in [3.8, 4) is 34.5 Å². The predicted molar refractivity (Wildman–Crippen MR) is 146 cm³/mol. The van der Waals surface area contributed by atoms with E-state index in [9.17, 15) is 4.79 Å². The first-order valence-electron chi connectivity index (χ1n) is 12.7. The number of benzene rings is 2. The molecule has 7 nitrogen and oxygen atoms in total. The smallest absolute Gasteiger partial charge is 0.496 e. The van der Waals surface area contributed by atoms with Crippen LogP contribution in [0, 0.1) is 0 Å². The molecule has 37 heavy (non-hydrogen) atoms. The second kappa shape index (κ2) is 18.2. The van der Waals surface area contributed by atoms with E-state index in [2.05, 4.69) is 20.8 Å². The minimum absolute atomic E-state index is 0. The van der Waals surface area contributed by atoms with Crippen LogP contribution in [0.1, 0.15) is 69.7 Å². The Kier molecular flexibility index (Phi) is 16.2. The average Bonchev–Trinajstić information content (AvgIpc) is 2.89. The molecule has 0 bridgehead atoms. The maximum absolute atomic E-state index is 13.7. The largest absolute Gasteiger partial charge is 1.00 e. The van der Waals surface area contributed by atoms with Crippen LogP contribution in [0.5, 0.6) is 34.5 Å². The van der Waals surface area contributed by atoms with Gasteiger partial charge in [-0.2, -0.15) is 0 Å². The summed E-state index contributed by atoms with van der Waals surface area (Å²) in [7, 11) is 4.33. The van der Waals surface area contributed by atoms with Gasteiger partial charge in [-0.1, -0.05) is 40.0 Å². The minimum Gasteiger partial charge on any atom is -0.496 e. The third-order valence-electron chi connectivity index (χ3n) is 5.50. The minimum atomic E-state index is -0.273. The molecule has 9 heteroatoms. The van der Waals surface area contributed by atoms with Crippen molar-refractivity contribution >= 4 is 19.4 Å². The first-order chi connectivity index (χ1) is 17.5. The molecule has 0 aliphatic rings. The molecule has 1 unspecified atom stereocenters. The summed E-state index contributed by atoms with van der Waals surface area (Å²) >= 11 is 0. The fourth-order valence-electron chi connectivity index (χ4n) is 3.39. The topological polar surface area (TPSA) is 72.5 Å². The standard InChI is InChI=1S/C28H41O7P.Li/c1-7-10-13-33-21-18-24(34-14-11-8-2)27(25(19-21)35-15-12-9-3)36-28(29)26-22(31-5)16-20(30-4)17-23(26)32-6;/h16-19,36H,7-15H2,1-6H3;/q;+1. The summed E-state index contributed by atoms with van der Waals surface area (Å²) in [5.74, 6) is 3.24. The molecule has 2 rings (SSSR count). The number of unbranched alkanes of at least 4 members (excludes halogenated alkanes) is 3. The van der Waals surface area contributed by atoms with Crippen molar-refractivity contribution in [2.24, 2.45) is 0 Å². The van der Waals surface area contributed by atoms with E-state index >= 15 is 0 Å². The summed E-state index contributed by atoms with van der Waals surface area (Å²) in [4.78, 5) is 13.7. The van der Waals surface area contributed by atoms with Crippen molar-refractivity contribution in [1.29, 1.82) is 0 Å². The van der Waals surface area contributed by atoms with Crippen molar-refractivity contribution < 1.29 is 52.1 Å². The van der Waals surface area contributed by atoms with Gasteiger partial charge >= 0.3 is 18.9 Å². The van der Waals surface area contributed by atoms with Crippen LogP contribution >= 0.6 is 8.58 Å². The van der Waals surface area contributed by atoms with E-state index < -0.39 is 0 Å². The number of methoxy groups -OCH3 is 3. The predicted octanol–water partition coefficient (Wildman–Crippen LogP) is 3.40. The molecule has 0 heterocycles. The SMILES string of the molecule is CCCCOc1cc(OCCCC)c(PC(=O)c2c(OC)cc(OC)cc2OC)c(OCCCC)c1.[Li+]. The molecule has 0 aromatic heterocycles. The Morgan fingerprint density at radius 2 is 1.08 bits per heavy atom. The Hall–Kier alpha value is -2.06. The summed E-state index contributed by atoms with van der Waals surface area (Å²) in [6, 6.07) is 7.11.